The second-order valence-corrected chi connectivity index (χ2v) is 5.48. The van der Waals surface area contributed by atoms with Gasteiger partial charge in [0.1, 0.15) is 5.75 Å². The topological polar surface area (TPSA) is 70.7 Å². The van der Waals surface area contributed by atoms with Crippen LogP contribution in [0.5, 0.6) is 5.75 Å². The number of nitrogens with zero attached hydrogens (tertiary/aromatic N) is 1. The zero-order valence-corrected chi connectivity index (χ0v) is 13.4. The first-order valence-corrected chi connectivity index (χ1v) is 7.79. The number of hydrogen-bond donors (Lipinski definition) is 2. The van der Waals surface area contributed by atoms with Crippen LogP contribution in [-0.2, 0) is 4.79 Å². The highest BCUT2D eigenvalue weighted by atomic mass is 16.5. The van der Waals surface area contributed by atoms with E-state index in [4.69, 9.17) is 4.74 Å². The Balaban J connectivity index is 1.69. The van der Waals surface area contributed by atoms with Gasteiger partial charge in [0.25, 0.3) is 0 Å². The van der Waals surface area contributed by atoms with Gasteiger partial charge in [-0.15, -0.1) is 0 Å². The van der Waals surface area contributed by atoms with Crippen LogP contribution in [0, 0.1) is 0 Å². The highest BCUT2D eigenvalue weighted by Gasteiger charge is 2.21. The third kappa shape index (κ3) is 3.48. The lowest BCUT2D eigenvalue weighted by molar-refractivity contribution is -0.117. The quantitative estimate of drug-likeness (QED) is 0.904. The fourth-order valence-electron chi connectivity index (χ4n) is 2.71. The largest absolute Gasteiger partial charge is 0.495 e. The fourth-order valence-corrected chi connectivity index (χ4v) is 2.71. The molecule has 0 radical (unpaired) electrons. The molecule has 6 heteroatoms. The average molecular weight is 325 g/mol. The monoisotopic (exact) mass is 325 g/mol. The standard InChI is InChI=1S/C18H19N3O3/c1-24-16-9-3-2-8-15(16)20-18(23)19-13-6-4-7-14(12-13)21-11-5-10-17(21)22/h2-4,6-9,12H,5,10-11H2,1H3,(H2,19,20,23). The zero-order valence-electron chi connectivity index (χ0n) is 13.4. The van der Waals surface area contributed by atoms with Crippen LogP contribution in [0.2, 0.25) is 0 Å². The van der Waals surface area contributed by atoms with Crippen molar-refractivity contribution in [1.82, 2.24) is 0 Å². The molecule has 24 heavy (non-hydrogen) atoms. The van der Waals surface area contributed by atoms with Gasteiger partial charge in [0.2, 0.25) is 5.91 Å². The maximum Gasteiger partial charge on any atom is 0.323 e. The van der Waals surface area contributed by atoms with E-state index in [0.717, 1.165) is 18.7 Å². The number of benzene rings is 2. The normalized spacial score (nSPS) is 13.7. The zero-order chi connectivity index (χ0) is 16.9. The van der Waals surface area contributed by atoms with Crippen LogP contribution in [0.1, 0.15) is 12.8 Å². The molecule has 1 aliphatic rings. The molecule has 1 saturated heterocycles. The maximum atomic E-state index is 12.2. The highest BCUT2D eigenvalue weighted by Crippen LogP contribution is 2.25. The van der Waals surface area contributed by atoms with Crippen LogP contribution < -0.4 is 20.3 Å². The molecule has 3 rings (SSSR count). The van der Waals surface area contributed by atoms with Crippen molar-refractivity contribution in [3.05, 3.63) is 48.5 Å². The molecule has 0 unspecified atom stereocenters. The van der Waals surface area contributed by atoms with Gasteiger partial charge >= 0.3 is 6.03 Å². The molecular formula is C18H19N3O3. The molecule has 0 atom stereocenters. The second kappa shape index (κ2) is 7.04. The molecule has 1 aliphatic heterocycles. The Bertz CT molecular complexity index is 761. The van der Waals surface area contributed by atoms with Crippen molar-refractivity contribution in [2.45, 2.75) is 12.8 Å². The number of anilines is 3. The van der Waals surface area contributed by atoms with Crippen LogP contribution in [0.25, 0.3) is 0 Å². The predicted molar refractivity (Wildman–Crippen MR) is 93.7 cm³/mol. The average Bonchev–Trinajstić information content (AvgIpc) is 3.01. The first-order valence-electron chi connectivity index (χ1n) is 7.79. The number of carbonyl (C=O) groups is 2. The van der Waals surface area contributed by atoms with Crippen LogP contribution in [0.15, 0.2) is 48.5 Å². The Morgan fingerprint density at radius 1 is 1.12 bits per heavy atom. The van der Waals surface area contributed by atoms with E-state index in [2.05, 4.69) is 10.6 Å². The molecule has 0 aliphatic carbocycles. The summed E-state index contributed by atoms with van der Waals surface area (Å²) in [6.45, 7) is 0.718. The molecule has 0 aromatic heterocycles. The molecule has 6 nitrogen and oxygen atoms in total. The Morgan fingerprint density at radius 3 is 2.71 bits per heavy atom. The van der Waals surface area contributed by atoms with Crippen molar-refractivity contribution in [3.63, 3.8) is 0 Å². The fraction of sp³-hybridized carbons (Fsp3) is 0.222. The van der Waals surface area contributed by atoms with Crippen LogP contribution in [0.4, 0.5) is 21.9 Å². The molecule has 0 bridgehead atoms. The molecular weight excluding hydrogens is 306 g/mol. The molecule has 1 fully saturated rings. The van der Waals surface area contributed by atoms with Crippen LogP contribution >= 0.6 is 0 Å². The molecule has 2 N–H and O–H groups in total. The lowest BCUT2D eigenvalue weighted by atomic mass is 10.2. The number of carbonyl (C=O) groups excluding carboxylic acids is 2. The number of hydrogen-bond acceptors (Lipinski definition) is 3. The van der Waals surface area contributed by atoms with Gasteiger partial charge in [-0.3, -0.25) is 4.79 Å². The van der Waals surface area contributed by atoms with Crippen molar-refractivity contribution in [3.8, 4) is 5.75 Å². The summed E-state index contributed by atoms with van der Waals surface area (Å²) in [5.74, 6) is 0.703. The van der Waals surface area contributed by atoms with Gasteiger partial charge in [-0.1, -0.05) is 18.2 Å². The number of para-hydroxylation sites is 2. The number of amides is 3. The number of urea groups is 1. The minimum Gasteiger partial charge on any atom is -0.495 e. The number of rotatable bonds is 4. The minimum absolute atomic E-state index is 0.116. The van der Waals surface area contributed by atoms with Gasteiger partial charge in [0, 0.05) is 24.3 Å². The minimum atomic E-state index is -0.371. The highest BCUT2D eigenvalue weighted by molar-refractivity contribution is 6.01. The smallest absolute Gasteiger partial charge is 0.323 e. The summed E-state index contributed by atoms with van der Waals surface area (Å²) >= 11 is 0. The van der Waals surface area contributed by atoms with Gasteiger partial charge in [-0.05, 0) is 36.8 Å². The Kier molecular flexibility index (Phi) is 4.65. The van der Waals surface area contributed by atoms with Crippen molar-refractivity contribution in [2.75, 3.05) is 29.2 Å². The molecule has 0 spiro atoms. The summed E-state index contributed by atoms with van der Waals surface area (Å²) in [5, 5.41) is 5.53. The third-order valence-corrected chi connectivity index (χ3v) is 3.84. The van der Waals surface area contributed by atoms with E-state index in [-0.39, 0.29) is 11.9 Å². The van der Waals surface area contributed by atoms with Crippen molar-refractivity contribution >= 4 is 29.0 Å². The van der Waals surface area contributed by atoms with Crippen molar-refractivity contribution in [1.29, 1.82) is 0 Å². The van der Waals surface area contributed by atoms with Gasteiger partial charge in [-0.2, -0.15) is 0 Å². The molecule has 0 saturated carbocycles. The third-order valence-electron chi connectivity index (χ3n) is 3.84. The van der Waals surface area contributed by atoms with E-state index in [9.17, 15) is 9.59 Å². The Hall–Kier alpha value is -3.02. The van der Waals surface area contributed by atoms with Gasteiger partial charge in [0.15, 0.2) is 0 Å². The van der Waals surface area contributed by atoms with Crippen molar-refractivity contribution in [2.24, 2.45) is 0 Å². The van der Waals surface area contributed by atoms with E-state index in [0.29, 0.717) is 23.5 Å². The van der Waals surface area contributed by atoms with Gasteiger partial charge < -0.3 is 20.3 Å². The molecule has 124 valence electrons. The Morgan fingerprint density at radius 2 is 1.96 bits per heavy atom. The molecule has 2 aromatic rings. The van der Waals surface area contributed by atoms with E-state index in [1.807, 2.05) is 24.3 Å². The maximum absolute atomic E-state index is 12.2. The lowest BCUT2D eigenvalue weighted by Crippen LogP contribution is -2.24. The summed E-state index contributed by atoms with van der Waals surface area (Å²) in [5.41, 5.74) is 2.01. The summed E-state index contributed by atoms with van der Waals surface area (Å²) in [7, 11) is 1.55. The van der Waals surface area contributed by atoms with E-state index >= 15 is 0 Å². The molecule has 3 amide bonds. The summed E-state index contributed by atoms with van der Waals surface area (Å²) < 4.78 is 5.21. The summed E-state index contributed by atoms with van der Waals surface area (Å²) in [4.78, 5) is 25.8. The Labute approximate surface area is 140 Å². The van der Waals surface area contributed by atoms with E-state index in [1.54, 1.807) is 36.3 Å². The van der Waals surface area contributed by atoms with Crippen LogP contribution in [-0.4, -0.2) is 25.6 Å². The van der Waals surface area contributed by atoms with Gasteiger partial charge in [0.05, 0.1) is 12.8 Å². The molecule has 2 aromatic carbocycles. The van der Waals surface area contributed by atoms with E-state index in [1.165, 1.54) is 0 Å². The number of methoxy groups -OCH3 is 1. The van der Waals surface area contributed by atoms with Crippen molar-refractivity contribution < 1.29 is 14.3 Å². The molecule has 1 heterocycles. The van der Waals surface area contributed by atoms with Gasteiger partial charge in [-0.25, -0.2) is 4.79 Å². The predicted octanol–water partition coefficient (Wildman–Crippen LogP) is 3.47. The first kappa shape index (κ1) is 15.9. The second-order valence-electron chi connectivity index (χ2n) is 5.48. The lowest BCUT2D eigenvalue weighted by Gasteiger charge is -2.17. The number of nitrogens with one attached hydrogen (secondary N) is 2. The van der Waals surface area contributed by atoms with E-state index < -0.39 is 0 Å². The first-order chi connectivity index (χ1) is 11.7. The summed E-state index contributed by atoms with van der Waals surface area (Å²) in [6, 6.07) is 14.1. The number of ether oxygens (including phenoxy) is 1. The van der Waals surface area contributed by atoms with Crippen LogP contribution in [0.3, 0.4) is 0 Å². The SMILES string of the molecule is COc1ccccc1NC(=O)Nc1cccc(N2CCCC2=O)c1. The summed E-state index contributed by atoms with van der Waals surface area (Å²) in [6.07, 6.45) is 1.44.